The molecular weight excluding hydrogens is 307 g/mol. The number of hydrogen-bond acceptors (Lipinski definition) is 2. The van der Waals surface area contributed by atoms with Crippen LogP contribution in [0, 0.1) is 0 Å². The number of aryl methyl sites for hydroxylation is 3. The number of nitrogens with one attached hydrogen (secondary N) is 1. The van der Waals surface area contributed by atoms with Crippen LogP contribution in [0.25, 0.3) is 0 Å². The molecule has 0 bridgehead atoms. The van der Waals surface area contributed by atoms with Crippen LogP contribution in [-0.2, 0) is 32.6 Å². The van der Waals surface area contributed by atoms with Crippen LogP contribution in [0.15, 0.2) is 24.4 Å². The van der Waals surface area contributed by atoms with E-state index < -0.39 is 23.3 Å². The van der Waals surface area contributed by atoms with Crippen LogP contribution < -0.4 is 5.32 Å². The molecule has 0 fully saturated rings. The molecule has 0 atom stereocenters. The maximum absolute atomic E-state index is 12.9. The van der Waals surface area contributed by atoms with E-state index in [0.29, 0.717) is 0 Å². The second kappa shape index (κ2) is 5.72. The third kappa shape index (κ3) is 3.23. The van der Waals surface area contributed by atoms with E-state index in [2.05, 4.69) is 10.4 Å². The molecule has 2 aromatic rings. The molecular formula is C16H16F3N3O. The smallest absolute Gasteiger partial charge is 0.348 e. The van der Waals surface area contributed by atoms with Crippen LogP contribution in [-0.4, -0.2) is 15.7 Å². The molecule has 122 valence electrons. The van der Waals surface area contributed by atoms with Gasteiger partial charge in [-0.25, -0.2) is 0 Å². The molecule has 1 heterocycles. The molecule has 1 amide bonds. The van der Waals surface area contributed by atoms with Gasteiger partial charge in [-0.2, -0.15) is 18.3 Å². The molecule has 1 aromatic heterocycles. The second-order valence-electron chi connectivity index (χ2n) is 5.70. The van der Waals surface area contributed by atoms with Gasteiger partial charge in [0.25, 0.3) is 5.91 Å². The Kier molecular flexibility index (Phi) is 3.87. The maximum Gasteiger partial charge on any atom is 0.435 e. The first-order valence-corrected chi connectivity index (χ1v) is 7.34. The molecule has 1 aromatic carbocycles. The minimum Gasteiger partial charge on any atom is -0.348 e. The molecule has 1 aliphatic rings. The van der Waals surface area contributed by atoms with Crippen molar-refractivity contribution >= 4 is 5.91 Å². The van der Waals surface area contributed by atoms with Gasteiger partial charge in [-0.15, -0.1) is 0 Å². The van der Waals surface area contributed by atoms with Gasteiger partial charge in [-0.3, -0.25) is 9.48 Å². The Bertz CT molecular complexity index is 750. The molecule has 3 rings (SSSR count). The van der Waals surface area contributed by atoms with Gasteiger partial charge in [0.15, 0.2) is 5.69 Å². The highest BCUT2D eigenvalue weighted by molar-refractivity contribution is 5.95. The Balaban J connectivity index is 1.73. The van der Waals surface area contributed by atoms with Crippen molar-refractivity contribution < 1.29 is 18.0 Å². The Labute approximate surface area is 131 Å². The number of carbonyl (C=O) groups excluding carboxylic acids is 1. The van der Waals surface area contributed by atoms with E-state index in [1.165, 1.54) is 18.2 Å². The number of halogens is 3. The molecule has 1 aliphatic carbocycles. The van der Waals surface area contributed by atoms with Crippen molar-refractivity contribution in [2.24, 2.45) is 7.05 Å². The summed E-state index contributed by atoms with van der Waals surface area (Å²) in [5, 5.41) is 5.88. The summed E-state index contributed by atoms with van der Waals surface area (Å²) in [6, 6.07) is 5.93. The molecule has 7 heteroatoms. The molecule has 4 nitrogen and oxygen atoms in total. The van der Waals surface area contributed by atoms with E-state index in [0.717, 1.165) is 35.7 Å². The normalized spacial score (nSPS) is 13.9. The highest BCUT2D eigenvalue weighted by Crippen LogP contribution is 2.30. The van der Waals surface area contributed by atoms with Gasteiger partial charge >= 0.3 is 6.18 Å². The largest absolute Gasteiger partial charge is 0.435 e. The van der Waals surface area contributed by atoms with Gasteiger partial charge in [-0.05, 0) is 36.0 Å². The first kappa shape index (κ1) is 15.6. The molecule has 0 saturated heterocycles. The zero-order valence-corrected chi connectivity index (χ0v) is 12.6. The van der Waals surface area contributed by atoms with Crippen molar-refractivity contribution in [2.45, 2.75) is 32.0 Å². The van der Waals surface area contributed by atoms with Crippen molar-refractivity contribution in [3.05, 3.63) is 52.3 Å². The van der Waals surface area contributed by atoms with Crippen LogP contribution >= 0.6 is 0 Å². The van der Waals surface area contributed by atoms with Crippen LogP contribution in [0.1, 0.15) is 39.2 Å². The van der Waals surface area contributed by atoms with E-state index in [4.69, 9.17) is 0 Å². The lowest BCUT2D eigenvalue weighted by atomic mass is 10.1. The van der Waals surface area contributed by atoms with Gasteiger partial charge in [0.2, 0.25) is 0 Å². The number of fused-ring (bicyclic) bond motifs is 1. The summed E-state index contributed by atoms with van der Waals surface area (Å²) in [6.07, 6.45) is -0.372. The Morgan fingerprint density at radius 1 is 1.30 bits per heavy atom. The molecule has 0 spiro atoms. The zero-order valence-electron chi connectivity index (χ0n) is 12.6. The van der Waals surface area contributed by atoms with Gasteiger partial charge < -0.3 is 5.32 Å². The highest BCUT2D eigenvalue weighted by Gasteiger charge is 2.38. The van der Waals surface area contributed by atoms with Gasteiger partial charge in [-0.1, -0.05) is 18.2 Å². The maximum atomic E-state index is 12.9. The summed E-state index contributed by atoms with van der Waals surface area (Å²) in [4.78, 5) is 12.1. The van der Waals surface area contributed by atoms with E-state index in [-0.39, 0.29) is 6.54 Å². The molecule has 0 saturated carbocycles. The number of carbonyl (C=O) groups is 1. The summed E-state index contributed by atoms with van der Waals surface area (Å²) < 4.78 is 39.6. The Morgan fingerprint density at radius 3 is 2.78 bits per heavy atom. The summed E-state index contributed by atoms with van der Waals surface area (Å²) in [6.45, 7) is 0.193. The third-order valence-corrected chi connectivity index (χ3v) is 3.96. The van der Waals surface area contributed by atoms with Crippen molar-refractivity contribution in [3.63, 3.8) is 0 Å². The lowest BCUT2D eigenvalue weighted by Crippen LogP contribution is -2.25. The number of hydrogen-bond donors (Lipinski definition) is 1. The minimum atomic E-state index is -4.65. The average Bonchev–Trinajstić information content (AvgIpc) is 3.09. The summed E-state index contributed by atoms with van der Waals surface area (Å²) in [7, 11) is 1.35. The van der Waals surface area contributed by atoms with Crippen molar-refractivity contribution in [1.82, 2.24) is 15.1 Å². The zero-order chi connectivity index (χ0) is 16.6. The molecule has 0 unspecified atom stereocenters. The Hall–Kier alpha value is -2.31. The van der Waals surface area contributed by atoms with E-state index in [1.54, 1.807) is 0 Å². The fourth-order valence-electron chi connectivity index (χ4n) is 2.88. The predicted octanol–water partition coefficient (Wildman–Crippen LogP) is 2.86. The van der Waals surface area contributed by atoms with Crippen molar-refractivity contribution in [1.29, 1.82) is 0 Å². The topological polar surface area (TPSA) is 46.9 Å². The highest BCUT2D eigenvalue weighted by atomic mass is 19.4. The van der Waals surface area contributed by atoms with Gasteiger partial charge in [0.05, 0.1) is 5.56 Å². The fourth-order valence-corrected chi connectivity index (χ4v) is 2.88. The van der Waals surface area contributed by atoms with E-state index >= 15 is 0 Å². The lowest BCUT2D eigenvalue weighted by Gasteiger charge is -2.08. The van der Waals surface area contributed by atoms with E-state index in [9.17, 15) is 18.0 Å². The van der Waals surface area contributed by atoms with Crippen molar-refractivity contribution in [2.75, 3.05) is 0 Å². The molecule has 0 radical (unpaired) electrons. The number of amides is 1. The number of aromatic nitrogens is 2. The fraction of sp³-hybridized carbons (Fsp3) is 0.375. The first-order valence-electron chi connectivity index (χ1n) is 7.34. The van der Waals surface area contributed by atoms with Crippen molar-refractivity contribution in [3.8, 4) is 0 Å². The number of rotatable bonds is 3. The average molecular weight is 323 g/mol. The van der Waals surface area contributed by atoms with E-state index in [1.807, 2.05) is 18.2 Å². The van der Waals surface area contributed by atoms with Crippen LogP contribution in [0.3, 0.4) is 0 Å². The second-order valence-corrected chi connectivity index (χ2v) is 5.70. The molecule has 0 aliphatic heterocycles. The standard InChI is InChI=1S/C16H16F3N3O/c1-22-9-13(14(21-22)16(17,18)19)15(23)20-8-10-5-6-11-3-2-4-12(11)7-10/h5-7,9H,2-4,8H2,1H3,(H,20,23). The number of nitrogens with zero attached hydrogens (tertiary/aromatic N) is 2. The van der Waals surface area contributed by atoms with Crippen LogP contribution in [0.4, 0.5) is 13.2 Å². The summed E-state index contributed by atoms with van der Waals surface area (Å²) >= 11 is 0. The summed E-state index contributed by atoms with van der Waals surface area (Å²) in [5.41, 5.74) is 1.84. The van der Waals surface area contributed by atoms with Gasteiger partial charge in [0, 0.05) is 19.8 Å². The third-order valence-electron chi connectivity index (χ3n) is 3.96. The monoisotopic (exact) mass is 323 g/mol. The molecule has 1 N–H and O–H groups in total. The van der Waals surface area contributed by atoms with Crippen LogP contribution in [0.5, 0.6) is 0 Å². The van der Waals surface area contributed by atoms with Gasteiger partial charge in [0.1, 0.15) is 0 Å². The quantitative estimate of drug-likeness (QED) is 0.944. The molecule has 23 heavy (non-hydrogen) atoms. The number of alkyl halides is 3. The lowest BCUT2D eigenvalue weighted by molar-refractivity contribution is -0.141. The predicted molar refractivity (Wildman–Crippen MR) is 77.8 cm³/mol. The first-order chi connectivity index (χ1) is 10.8. The number of benzene rings is 1. The minimum absolute atomic E-state index is 0.193. The SMILES string of the molecule is Cn1cc(C(=O)NCc2ccc3c(c2)CCC3)c(C(F)(F)F)n1. The van der Waals surface area contributed by atoms with Crippen LogP contribution in [0.2, 0.25) is 0 Å². The summed E-state index contributed by atoms with van der Waals surface area (Å²) in [5.74, 6) is -0.772. The Morgan fingerprint density at radius 2 is 2.04 bits per heavy atom.